The molecule has 0 spiro atoms. The molecule has 214 valence electrons. The number of benzene rings is 3. The zero-order chi connectivity index (χ0) is 28.0. The molecule has 5 nitrogen and oxygen atoms in total. The van der Waals surface area contributed by atoms with Crippen LogP contribution in [0.4, 0.5) is 5.69 Å². The van der Waals surface area contributed by atoms with E-state index in [1.165, 1.54) is 60.0 Å². The molecule has 1 saturated heterocycles. The lowest BCUT2D eigenvalue weighted by atomic mass is 9.84. The van der Waals surface area contributed by atoms with Crippen LogP contribution in [0.1, 0.15) is 60.4 Å². The molecule has 0 amide bonds. The summed E-state index contributed by atoms with van der Waals surface area (Å²) in [5.74, 6) is 0.728. The Bertz CT molecular complexity index is 1390. The number of rotatable bonds is 9. The van der Waals surface area contributed by atoms with Crippen molar-refractivity contribution in [2.75, 3.05) is 44.2 Å². The van der Waals surface area contributed by atoms with E-state index in [2.05, 4.69) is 113 Å². The summed E-state index contributed by atoms with van der Waals surface area (Å²) in [6.07, 6.45) is 6.80. The van der Waals surface area contributed by atoms with E-state index in [1.54, 1.807) is 0 Å². The van der Waals surface area contributed by atoms with Crippen LogP contribution in [0.15, 0.2) is 78.9 Å². The summed E-state index contributed by atoms with van der Waals surface area (Å²) in [5, 5.41) is 8.72. The van der Waals surface area contributed by atoms with E-state index in [0.29, 0.717) is 0 Å². The predicted molar refractivity (Wildman–Crippen MR) is 171 cm³/mol. The number of para-hydroxylation sites is 1. The molecule has 2 fully saturated rings. The smallest absolute Gasteiger partial charge is 0.0773 e. The summed E-state index contributed by atoms with van der Waals surface area (Å²) >= 11 is 0. The minimum absolute atomic E-state index is 0.728. The molecule has 6 rings (SSSR count). The van der Waals surface area contributed by atoms with Crippen LogP contribution in [0.2, 0.25) is 0 Å². The van der Waals surface area contributed by atoms with Crippen molar-refractivity contribution in [3.63, 3.8) is 0 Å². The lowest BCUT2D eigenvalue weighted by Gasteiger charge is -2.37. The first-order chi connectivity index (χ1) is 20.1. The van der Waals surface area contributed by atoms with Crippen molar-refractivity contribution in [2.24, 2.45) is 0 Å². The first-order valence-electron chi connectivity index (χ1n) is 15.6. The maximum Gasteiger partial charge on any atom is 0.0773 e. The summed E-state index contributed by atoms with van der Waals surface area (Å²) in [7, 11) is 0. The Morgan fingerprint density at radius 3 is 2.29 bits per heavy atom. The van der Waals surface area contributed by atoms with E-state index in [4.69, 9.17) is 5.10 Å². The van der Waals surface area contributed by atoms with E-state index in [0.717, 1.165) is 68.8 Å². The minimum Gasteiger partial charge on any atom is -0.369 e. The monoisotopic (exact) mass is 547 g/mol. The average molecular weight is 548 g/mol. The van der Waals surface area contributed by atoms with Gasteiger partial charge < -0.3 is 10.2 Å². The van der Waals surface area contributed by atoms with Gasteiger partial charge in [0.05, 0.1) is 17.1 Å². The number of aryl methyl sites for hydroxylation is 2. The normalized spacial score (nSPS) is 16.8. The van der Waals surface area contributed by atoms with Gasteiger partial charge in [-0.15, -0.1) is 0 Å². The molecular formula is C36H45N5. The van der Waals surface area contributed by atoms with Gasteiger partial charge in [-0.05, 0) is 68.0 Å². The number of hydrogen-bond acceptors (Lipinski definition) is 4. The second-order valence-electron chi connectivity index (χ2n) is 12.0. The van der Waals surface area contributed by atoms with Gasteiger partial charge in [0.1, 0.15) is 0 Å². The molecule has 1 saturated carbocycles. The van der Waals surface area contributed by atoms with Gasteiger partial charge in [0, 0.05) is 57.1 Å². The number of aromatic nitrogens is 2. The Balaban J connectivity index is 1.06. The van der Waals surface area contributed by atoms with Crippen molar-refractivity contribution in [3.8, 4) is 16.9 Å². The van der Waals surface area contributed by atoms with E-state index in [9.17, 15) is 0 Å². The van der Waals surface area contributed by atoms with Gasteiger partial charge in [-0.1, -0.05) is 79.4 Å². The van der Waals surface area contributed by atoms with Crippen molar-refractivity contribution < 1.29 is 0 Å². The fourth-order valence-electron chi connectivity index (χ4n) is 6.68. The summed E-state index contributed by atoms with van der Waals surface area (Å²) in [4.78, 5) is 5.12. The third-order valence-electron chi connectivity index (χ3n) is 9.02. The van der Waals surface area contributed by atoms with Gasteiger partial charge >= 0.3 is 0 Å². The van der Waals surface area contributed by atoms with Crippen molar-refractivity contribution in [2.45, 2.75) is 58.4 Å². The SMILES string of the molecule is Cc1ccc(N2CCN(CCNCc3cc(-c4ccc(C5CCCCC5)cc4)n(-c4ccccc4)n3)CC2)c(C)c1. The highest BCUT2D eigenvalue weighted by molar-refractivity contribution is 5.63. The molecule has 0 unspecified atom stereocenters. The molecule has 0 atom stereocenters. The minimum atomic E-state index is 0.728. The number of nitrogens with one attached hydrogen (secondary N) is 1. The fourth-order valence-corrected chi connectivity index (χ4v) is 6.68. The van der Waals surface area contributed by atoms with Crippen LogP contribution in [-0.2, 0) is 6.54 Å². The molecule has 4 aromatic rings. The topological polar surface area (TPSA) is 36.3 Å². The zero-order valence-electron chi connectivity index (χ0n) is 24.9. The summed E-state index contributed by atoms with van der Waals surface area (Å²) in [6, 6.07) is 28.9. The van der Waals surface area contributed by atoms with E-state index in [1.807, 2.05) is 0 Å². The highest BCUT2D eigenvalue weighted by Crippen LogP contribution is 2.34. The van der Waals surface area contributed by atoms with Crippen molar-refractivity contribution in [1.82, 2.24) is 20.0 Å². The molecule has 41 heavy (non-hydrogen) atoms. The van der Waals surface area contributed by atoms with Gasteiger partial charge in [-0.3, -0.25) is 4.90 Å². The molecule has 0 bridgehead atoms. The third kappa shape index (κ3) is 6.74. The Morgan fingerprint density at radius 1 is 0.805 bits per heavy atom. The molecule has 1 aliphatic heterocycles. The summed E-state index contributed by atoms with van der Waals surface area (Å²) < 4.78 is 2.11. The molecule has 2 heterocycles. The van der Waals surface area contributed by atoms with Crippen molar-refractivity contribution in [1.29, 1.82) is 0 Å². The van der Waals surface area contributed by atoms with Gasteiger partial charge in [-0.2, -0.15) is 5.10 Å². The molecule has 5 heteroatoms. The molecule has 1 N–H and O–H groups in total. The van der Waals surface area contributed by atoms with Gasteiger partial charge in [0.15, 0.2) is 0 Å². The van der Waals surface area contributed by atoms with E-state index in [-0.39, 0.29) is 0 Å². The van der Waals surface area contributed by atoms with E-state index < -0.39 is 0 Å². The largest absolute Gasteiger partial charge is 0.369 e. The predicted octanol–water partition coefficient (Wildman–Crippen LogP) is 7.12. The second kappa shape index (κ2) is 13.1. The highest BCUT2D eigenvalue weighted by atomic mass is 15.3. The Morgan fingerprint density at radius 2 is 1.56 bits per heavy atom. The van der Waals surface area contributed by atoms with Crippen molar-refractivity contribution >= 4 is 5.69 Å². The Kier molecular flexibility index (Phi) is 8.83. The highest BCUT2D eigenvalue weighted by Gasteiger charge is 2.19. The fraction of sp³-hybridized carbons (Fsp3) is 0.417. The Hall–Kier alpha value is -3.41. The zero-order valence-corrected chi connectivity index (χ0v) is 24.9. The van der Waals surface area contributed by atoms with Crippen LogP contribution >= 0.6 is 0 Å². The van der Waals surface area contributed by atoms with Crippen LogP contribution < -0.4 is 10.2 Å². The Labute approximate surface area is 246 Å². The van der Waals surface area contributed by atoms with Crippen LogP contribution in [0.5, 0.6) is 0 Å². The van der Waals surface area contributed by atoms with Crippen LogP contribution in [0.25, 0.3) is 16.9 Å². The summed E-state index contributed by atoms with van der Waals surface area (Å²) in [5.41, 5.74) is 10.2. The number of anilines is 1. The van der Waals surface area contributed by atoms with Crippen LogP contribution in [0.3, 0.4) is 0 Å². The standard InChI is InChI=1S/C36H45N5/c1-28-13-18-35(29(2)25-28)40-23-21-39(22-24-40)20-19-37-27-33-26-36(41(38-33)34-11-7-4-8-12-34)32-16-14-31(15-17-32)30-9-5-3-6-10-30/h4,7-8,11-18,25-26,30,37H,3,5-6,9-10,19-24,27H2,1-2H3. The first-order valence-corrected chi connectivity index (χ1v) is 15.6. The van der Waals surface area contributed by atoms with Gasteiger partial charge in [0.25, 0.3) is 0 Å². The lowest BCUT2D eigenvalue weighted by Crippen LogP contribution is -2.48. The lowest BCUT2D eigenvalue weighted by molar-refractivity contribution is 0.257. The molecule has 2 aliphatic rings. The molecule has 0 radical (unpaired) electrons. The second-order valence-corrected chi connectivity index (χ2v) is 12.0. The van der Waals surface area contributed by atoms with Gasteiger partial charge in [-0.25, -0.2) is 4.68 Å². The third-order valence-corrected chi connectivity index (χ3v) is 9.02. The van der Waals surface area contributed by atoms with E-state index >= 15 is 0 Å². The number of nitrogens with zero attached hydrogens (tertiary/aromatic N) is 4. The molecule has 3 aromatic carbocycles. The van der Waals surface area contributed by atoms with Gasteiger partial charge in [0.2, 0.25) is 0 Å². The maximum absolute atomic E-state index is 5.05. The number of piperazine rings is 1. The number of hydrogen-bond donors (Lipinski definition) is 1. The quantitative estimate of drug-likeness (QED) is 0.227. The molecular weight excluding hydrogens is 502 g/mol. The summed E-state index contributed by atoms with van der Waals surface area (Å²) in [6.45, 7) is 11.6. The first kappa shape index (κ1) is 27.7. The van der Waals surface area contributed by atoms with Crippen LogP contribution in [-0.4, -0.2) is 53.9 Å². The maximum atomic E-state index is 5.05. The van der Waals surface area contributed by atoms with Crippen LogP contribution in [0, 0.1) is 13.8 Å². The van der Waals surface area contributed by atoms with Crippen molar-refractivity contribution in [3.05, 3.63) is 101 Å². The molecule has 1 aliphatic carbocycles. The average Bonchev–Trinajstić information content (AvgIpc) is 3.45. The molecule has 1 aromatic heterocycles.